The first-order valence-electron chi connectivity index (χ1n) is 7.66. The molecule has 0 radical (unpaired) electrons. The molecule has 116 valence electrons. The maximum Gasteiger partial charge on any atom is 0.191 e. The van der Waals surface area contributed by atoms with Crippen molar-refractivity contribution < 1.29 is 0 Å². The SMILES string of the molecule is CN=C(NCc1ccc(-n2ccnc2C)nc1)NCC1CC1. The molecule has 6 heteroatoms. The van der Waals surface area contributed by atoms with E-state index in [-0.39, 0.29) is 0 Å². The van der Waals surface area contributed by atoms with Crippen LogP contribution in [-0.4, -0.2) is 34.1 Å². The number of hydrogen-bond acceptors (Lipinski definition) is 3. The fraction of sp³-hybridized carbons (Fsp3) is 0.438. The van der Waals surface area contributed by atoms with Gasteiger partial charge in [-0.05, 0) is 37.3 Å². The lowest BCUT2D eigenvalue weighted by Gasteiger charge is -2.11. The van der Waals surface area contributed by atoms with Crippen molar-refractivity contribution in [2.75, 3.05) is 13.6 Å². The summed E-state index contributed by atoms with van der Waals surface area (Å²) >= 11 is 0. The largest absolute Gasteiger partial charge is 0.356 e. The van der Waals surface area contributed by atoms with Crippen LogP contribution in [-0.2, 0) is 6.54 Å². The Balaban J connectivity index is 1.55. The van der Waals surface area contributed by atoms with Gasteiger partial charge in [0.25, 0.3) is 0 Å². The normalized spacial score (nSPS) is 14.9. The van der Waals surface area contributed by atoms with E-state index in [9.17, 15) is 0 Å². The van der Waals surface area contributed by atoms with Crippen LogP contribution >= 0.6 is 0 Å². The number of hydrogen-bond donors (Lipinski definition) is 2. The molecule has 1 saturated carbocycles. The number of nitrogens with zero attached hydrogens (tertiary/aromatic N) is 4. The zero-order valence-corrected chi connectivity index (χ0v) is 13.1. The summed E-state index contributed by atoms with van der Waals surface area (Å²) in [7, 11) is 1.80. The molecule has 0 spiro atoms. The van der Waals surface area contributed by atoms with Gasteiger partial charge in [-0.1, -0.05) is 6.07 Å². The highest BCUT2D eigenvalue weighted by atomic mass is 15.2. The Kier molecular flexibility index (Phi) is 4.37. The molecule has 0 bridgehead atoms. The Hall–Kier alpha value is -2.37. The molecule has 0 unspecified atom stereocenters. The lowest BCUT2D eigenvalue weighted by atomic mass is 10.3. The monoisotopic (exact) mass is 298 g/mol. The van der Waals surface area contributed by atoms with Gasteiger partial charge in [0.1, 0.15) is 11.6 Å². The minimum atomic E-state index is 0.709. The standard InChI is InChI=1S/C16H22N6/c1-12-18-7-8-22(12)15-6-5-14(10-19-15)11-21-16(17-2)20-9-13-3-4-13/h5-8,10,13H,3-4,9,11H2,1-2H3,(H2,17,20,21). The van der Waals surface area contributed by atoms with Crippen LogP contribution < -0.4 is 10.6 Å². The van der Waals surface area contributed by atoms with E-state index >= 15 is 0 Å². The summed E-state index contributed by atoms with van der Waals surface area (Å²) in [6, 6.07) is 4.08. The zero-order chi connectivity index (χ0) is 15.4. The molecule has 2 aromatic rings. The minimum absolute atomic E-state index is 0.709. The molecule has 6 nitrogen and oxygen atoms in total. The summed E-state index contributed by atoms with van der Waals surface area (Å²) in [4.78, 5) is 12.9. The Morgan fingerprint density at radius 2 is 2.18 bits per heavy atom. The fourth-order valence-corrected chi connectivity index (χ4v) is 2.25. The second-order valence-electron chi connectivity index (χ2n) is 5.62. The lowest BCUT2D eigenvalue weighted by Crippen LogP contribution is -2.37. The van der Waals surface area contributed by atoms with Crippen molar-refractivity contribution in [3.8, 4) is 5.82 Å². The molecule has 0 aliphatic heterocycles. The Bertz CT molecular complexity index is 639. The summed E-state index contributed by atoms with van der Waals surface area (Å²) in [5.74, 6) is 3.50. The molecule has 2 aromatic heterocycles. The maximum absolute atomic E-state index is 4.49. The molecule has 0 aromatic carbocycles. The third kappa shape index (κ3) is 3.63. The predicted molar refractivity (Wildman–Crippen MR) is 87.0 cm³/mol. The van der Waals surface area contributed by atoms with E-state index in [1.165, 1.54) is 12.8 Å². The number of guanidine groups is 1. The average molecular weight is 298 g/mol. The number of imidazole rings is 1. The summed E-state index contributed by atoms with van der Waals surface area (Å²) in [6.07, 6.45) is 8.25. The number of pyridine rings is 1. The molecular weight excluding hydrogens is 276 g/mol. The van der Waals surface area contributed by atoms with Crippen LogP contribution in [0.4, 0.5) is 0 Å². The van der Waals surface area contributed by atoms with Gasteiger partial charge in [-0.3, -0.25) is 9.56 Å². The molecule has 1 fully saturated rings. The maximum atomic E-state index is 4.49. The van der Waals surface area contributed by atoms with Crippen molar-refractivity contribution in [2.45, 2.75) is 26.3 Å². The quantitative estimate of drug-likeness (QED) is 0.650. The number of aryl methyl sites for hydroxylation is 1. The molecule has 1 aliphatic carbocycles. The van der Waals surface area contributed by atoms with Crippen LogP contribution in [0.3, 0.4) is 0 Å². The van der Waals surface area contributed by atoms with E-state index in [4.69, 9.17) is 0 Å². The molecule has 3 rings (SSSR count). The minimum Gasteiger partial charge on any atom is -0.356 e. The lowest BCUT2D eigenvalue weighted by molar-refractivity contribution is 0.736. The molecule has 2 heterocycles. The number of nitrogens with one attached hydrogen (secondary N) is 2. The zero-order valence-electron chi connectivity index (χ0n) is 13.1. The second-order valence-corrected chi connectivity index (χ2v) is 5.62. The highest BCUT2D eigenvalue weighted by molar-refractivity contribution is 5.79. The predicted octanol–water partition coefficient (Wildman–Crippen LogP) is 1.65. The first-order chi connectivity index (χ1) is 10.8. The summed E-state index contributed by atoms with van der Waals surface area (Å²) in [5.41, 5.74) is 1.12. The smallest absolute Gasteiger partial charge is 0.191 e. The molecule has 0 amide bonds. The number of aromatic nitrogens is 3. The van der Waals surface area contributed by atoms with Crippen molar-refractivity contribution >= 4 is 5.96 Å². The van der Waals surface area contributed by atoms with Gasteiger partial charge < -0.3 is 10.6 Å². The van der Waals surface area contributed by atoms with Gasteiger partial charge in [-0.2, -0.15) is 0 Å². The highest BCUT2D eigenvalue weighted by Gasteiger charge is 2.20. The molecule has 22 heavy (non-hydrogen) atoms. The van der Waals surface area contributed by atoms with Crippen LogP contribution in [0.5, 0.6) is 0 Å². The van der Waals surface area contributed by atoms with Crippen LogP contribution in [0.15, 0.2) is 35.7 Å². The van der Waals surface area contributed by atoms with E-state index in [2.05, 4.69) is 31.7 Å². The van der Waals surface area contributed by atoms with E-state index in [1.54, 1.807) is 13.2 Å². The molecule has 0 saturated heterocycles. The summed E-state index contributed by atoms with van der Waals surface area (Å²) < 4.78 is 1.97. The fourth-order valence-electron chi connectivity index (χ4n) is 2.25. The van der Waals surface area contributed by atoms with Crippen molar-refractivity contribution in [1.29, 1.82) is 0 Å². The van der Waals surface area contributed by atoms with Gasteiger partial charge >= 0.3 is 0 Å². The van der Waals surface area contributed by atoms with E-state index < -0.39 is 0 Å². The topological polar surface area (TPSA) is 67.1 Å². The third-order valence-electron chi connectivity index (χ3n) is 3.82. The summed E-state index contributed by atoms with van der Waals surface area (Å²) in [5, 5.41) is 6.66. The Morgan fingerprint density at radius 3 is 2.77 bits per heavy atom. The van der Waals surface area contributed by atoms with Gasteiger partial charge in [0.2, 0.25) is 0 Å². The highest BCUT2D eigenvalue weighted by Crippen LogP contribution is 2.27. The molecular formula is C16H22N6. The van der Waals surface area contributed by atoms with Crippen LogP contribution in [0.25, 0.3) is 5.82 Å². The third-order valence-corrected chi connectivity index (χ3v) is 3.82. The van der Waals surface area contributed by atoms with Gasteiger partial charge in [-0.15, -0.1) is 0 Å². The second kappa shape index (κ2) is 6.60. The van der Waals surface area contributed by atoms with E-state index in [0.717, 1.165) is 35.6 Å². The van der Waals surface area contributed by atoms with Gasteiger partial charge in [0.15, 0.2) is 5.96 Å². The van der Waals surface area contributed by atoms with Gasteiger partial charge in [0.05, 0.1) is 0 Å². The Labute approximate surface area is 130 Å². The number of rotatable bonds is 5. The van der Waals surface area contributed by atoms with Gasteiger partial charge in [0, 0.05) is 38.7 Å². The number of aliphatic imine (C=N–C) groups is 1. The van der Waals surface area contributed by atoms with E-state index in [1.807, 2.05) is 30.0 Å². The molecule has 2 N–H and O–H groups in total. The van der Waals surface area contributed by atoms with Crippen molar-refractivity contribution in [2.24, 2.45) is 10.9 Å². The van der Waals surface area contributed by atoms with E-state index in [0.29, 0.717) is 6.54 Å². The first-order valence-corrected chi connectivity index (χ1v) is 7.66. The first kappa shape index (κ1) is 14.6. The van der Waals surface area contributed by atoms with Gasteiger partial charge in [-0.25, -0.2) is 9.97 Å². The molecule has 0 atom stereocenters. The van der Waals surface area contributed by atoms with Crippen molar-refractivity contribution in [1.82, 2.24) is 25.2 Å². The average Bonchev–Trinajstić information content (AvgIpc) is 3.28. The van der Waals surface area contributed by atoms with Crippen molar-refractivity contribution in [3.05, 3.63) is 42.1 Å². The van der Waals surface area contributed by atoms with Crippen LogP contribution in [0.1, 0.15) is 24.2 Å². The van der Waals surface area contributed by atoms with Crippen molar-refractivity contribution in [3.63, 3.8) is 0 Å². The van der Waals surface area contributed by atoms with Crippen LogP contribution in [0.2, 0.25) is 0 Å². The molecule has 1 aliphatic rings. The van der Waals surface area contributed by atoms with Crippen LogP contribution in [0, 0.1) is 12.8 Å². The Morgan fingerprint density at radius 1 is 1.32 bits per heavy atom. The summed E-state index contributed by atoms with van der Waals surface area (Å²) in [6.45, 7) is 3.68.